The Hall–Kier alpha value is -1.44. The molecule has 3 nitrogen and oxygen atoms in total. The molecule has 0 aliphatic carbocycles. The summed E-state index contributed by atoms with van der Waals surface area (Å²) >= 11 is 0. The Morgan fingerprint density at radius 1 is 1.33 bits per heavy atom. The second kappa shape index (κ2) is 7.80. The minimum Gasteiger partial charge on any atom is -0.313 e. The van der Waals surface area contributed by atoms with E-state index in [1.54, 1.807) is 0 Å². The van der Waals surface area contributed by atoms with Gasteiger partial charge in [0.1, 0.15) is 5.82 Å². The summed E-state index contributed by atoms with van der Waals surface area (Å²) < 4.78 is 13.1. The largest absolute Gasteiger partial charge is 0.313 e. The van der Waals surface area contributed by atoms with E-state index in [1.807, 2.05) is 0 Å². The second-order valence-electron chi connectivity index (χ2n) is 4.60. The quantitative estimate of drug-likeness (QED) is 0.752. The summed E-state index contributed by atoms with van der Waals surface area (Å²) in [7, 11) is 4.11. The fourth-order valence-electron chi connectivity index (χ4n) is 1.72. The average Bonchev–Trinajstić information content (AvgIpc) is 2.33. The standard InChI is InChI=1S/C14H20FN3/c1-18(2)8-4-3-7-17-11-13-9-14(15)6-5-12(13)10-16/h5-6,9,17H,3-4,7-8,11H2,1-2H3. The highest BCUT2D eigenvalue weighted by Gasteiger charge is 2.03. The molecule has 18 heavy (non-hydrogen) atoms. The summed E-state index contributed by atoms with van der Waals surface area (Å²) in [5.41, 5.74) is 1.27. The van der Waals surface area contributed by atoms with Crippen molar-refractivity contribution in [1.29, 1.82) is 5.26 Å². The molecule has 0 aromatic heterocycles. The van der Waals surface area contributed by atoms with Crippen LogP contribution < -0.4 is 5.32 Å². The first-order chi connectivity index (χ1) is 8.63. The lowest BCUT2D eigenvalue weighted by molar-refractivity contribution is 0.391. The molecule has 0 aliphatic rings. The van der Waals surface area contributed by atoms with Crippen LogP contribution in [0.15, 0.2) is 18.2 Å². The molecule has 0 bridgehead atoms. The normalized spacial score (nSPS) is 10.6. The topological polar surface area (TPSA) is 39.1 Å². The first kappa shape index (κ1) is 14.6. The molecule has 0 radical (unpaired) electrons. The van der Waals surface area contributed by atoms with Crippen LogP contribution in [0.25, 0.3) is 0 Å². The predicted octanol–water partition coefficient (Wildman–Crippen LogP) is 2.13. The van der Waals surface area contributed by atoms with Crippen LogP contribution in [-0.2, 0) is 6.54 Å². The fraction of sp³-hybridized carbons (Fsp3) is 0.500. The van der Waals surface area contributed by atoms with Gasteiger partial charge in [-0.15, -0.1) is 0 Å². The van der Waals surface area contributed by atoms with E-state index in [2.05, 4.69) is 30.4 Å². The van der Waals surface area contributed by atoms with E-state index in [1.165, 1.54) is 18.2 Å². The van der Waals surface area contributed by atoms with Gasteiger partial charge in [-0.25, -0.2) is 4.39 Å². The average molecular weight is 249 g/mol. The molecule has 0 unspecified atom stereocenters. The first-order valence-corrected chi connectivity index (χ1v) is 6.17. The Morgan fingerprint density at radius 3 is 2.78 bits per heavy atom. The monoisotopic (exact) mass is 249 g/mol. The van der Waals surface area contributed by atoms with Crippen LogP contribution in [-0.4, -0.2) is 32.1 Å². The Kier molecular flexibility index (Phi) is 6.34. The maximum Gasteiger partial charge on any atom is 0.123 e. The third-order valence-electron chi connectivity index (χ3n) is 2.71. The Bertz CT molecular complexity index is 410. The van der Waals surface area contributed by atoms with Gasteiger partial charge < -0.3 is 10.2 Å². The maximum atomic E-state index is 13.1. The highest BCUT2D eigenvalue weighted by Crippen LogP contribution is 2.10. The maximum absolute atomic E-state index is 13.1. The Morgan fingerprint density at radius 2 is 2.11 bits per heavy atom. The summed E-state index contributed by atoms with van der Waals surface area (Å²) in [5, 5.41) is 12.1. The van der Waals surface area contributed by atoms with Crippen molar-refractivity contribution in [3.63, 3.8) is 0 Å². The van der Waals surface area contributed by atoms with Gasteiger partial charge in [0.25, 0.3) is 0 Å². The number of hydrogen-bond acceptors (Lipinski definition) is 3. The van der Waals surface area contributed by atoms with Gasteiger partial charge in [-0.05, 0) is 63.8 Å². The zero-order valence-corrected chi connectivity index (χ0v) is 11.0. The minimum atomic E-state index is -0.293. The van der Waals surface area contributed by atoms with Crippen LogP contribution in [0.4, 0.5) is 4.39 Å². The van der Waals surface area contributed by atoms with Crippen LogP contribution in [0.2, 0.25) is 0 Å². The third kappa shape index (κ3) is 5.26. The minimum absolute atomic E-state index is 0.293. The van der Waals surface area contributed by atoms with E-state index in [0.29, 0.717) is 12.1 Å². The number of unbranched alkanes of at least 4 members (excludes halogenated alkanes) is 1. The summed E-state index contributed by atoms with van der Waals surface area (Å²) in [6, 6.07) is 6.34. The lowest BCUT2D eigenvalue weighted by Gasteiger charge is -2.10. The molecule has 0 heterocycles. The smallest absolute Gasteiger partial charge is 0.123 e. The molecular formula is C14H20FN3. The van der Waals surface area contributed by atoms with Crippen LogP contribution in [0.1, 0.15) is 24.0 Å². The molecular weight excluding hydrogens is 229 g/mol. The predicted molar refractivity (Wildman–Crippen MR) is 70.6 cm³/mol. The molecule has 1 rings (SSSR count). The number of hydrogen-bond donors (Lipinski definition) is 1. The second-order valence-corrected chi connectivity index (χ2v) is 4.60. The van der Waals surface area contributed by atoms with Crippen molar-refractivity contribution in [2.45, 2.75) is 19.4 Å². The number of nitrogens with one attached hydrogen (secondary N) is 1. The van der Waals surface area contributed by atoms with E-state index >= 15 is 0 Å². The van der Waals surface area contributed by atoms with Crippen LogP contribution in [0.3, 0.4) is 0 Å². The van der Waals surface area contributed by atoms with Crippen molar-refractivity contribution in [3.05, 3.63) is 35.1 Å². The van der Waals surface area contributed by atoms with Gasteiger partial charge in [0.05, 0.1) is 11.6 Å². The molecule has 1 aromatic rings. The van der Waals surface area contributed by atoms with Crippen molar-refractivity contribution in [2.75, 3.05) is 27.2 Å². The molecule has 0 saturated heterocycles. The number of halogens is 1. The molecule has 0 spiro atoms. The summed E-state index contributed by atoms with van der Waals surface area (Å²) in [6.07, 6.45) is 2.21. The molecule has 1 aromatic carbocycles. The molecule has 0 fully saturated rings. The molecule has 0 amide bonds. The lowest BCUT2D eigenvalue weighted by atomic mass is 10.1. The van der Waals surface area contributed by atoms with Gasteiger partial charge in [0.2, 0.25) is 0 Å². The van der Waals surface area contributed by atoms with Gasteiger partial charge in [0, 0.05) is 6.54 Å². The number of nitriles is 1. The van der Waals surface area contributed by atoms with Crippen LogP contribution >= 0.6 is 0 Å². The fourth-order valence-corrected chi connectivity index (χ4v) is 1.72. The van der Waals surface area contributed by atoms with Crippen molar-refractivity contribution in [2.24, 2.45) is 0 Å². The molecule has 4 heteroatoms. The highest BCUT2D eigenvalue weighted by atomic mass is 19.1. The lowest BCUT2D eigenvalue weighted by Crippen LogP contribution is -2.18. The van der Waals surface area contributed by atoms with Crippen molar-refractivity contribution in [1.82, 2.24) is 10.2 Å². The van der Waals surface area contributed by atoms with Gasteiger partial charge in [0.15, 0.2) is 0 Å². The molecule has 0 saturated carbocycles. The number of rotatable bonds is 7. The van der Waals surface area contributed by atoms with E-state index in [-0.39, 0.29) is 5.82 Å². The van der Waals surface area contributed by atoms with Gasteiger partial charge in [-0.3, -0.25) is 0 Å². The van der Waals surface area contributed by atoms with E-state index in [0.717, 1.165) is 31.5 Å². The highest BCUT2D eigenvalue weighted by molar-refractivity contribution is 5.37. The Balaban J connectivity index is 2.31. The summed E-state index contributed by atoms with van der Waals surface area (Å²) in [5.74, 6) is -0.293. The third-order valence-corrected chi connectivity index (χ3v) is 2.71. The van der Waals surface area contributed by atoms with E-state index < -0.39 is 0 Å². The zero-order valence-electron chi connectivity index (χ0n) is 11.0. The first-order valence-electron chi connectivity index (χ1n) is 6.17. The SMILES string of the molecule is CN(C)CCCCNCc1cc(F)ccc1C#N. The summed E-state index contributed by atoms with van der Waals surface area (Å²) in [4.78, 5) is 2.15. The molecule has 98 valence electrons. The number of nitrogens with zero attached hydrogens (tertiary/aromatic N) is 2. The van der Waals surface area contributed by atoms with Gasteiger partial charge in [-0.2, -0.15) is 5.26 Å². The number of benzene rings is 1. The van der Waals surface area contributed by atoms with Crippen LogP contribution in [0, 0.1) is 17.1 Å². The van der Waals surface area contributed by atoms with Crippen LogP contribution in [0.5, 0.6) is 0 Å². The molecule has 0 atom stereocenters. The summed E-state index contributed by atoms with van der Waals surface area (Å²) in [6.45, 7) is 2.50. The van der Waals surface area contributed by atoms with Gasteiger partial charge in [-0.1, -0.05) is 0 Å². The van der Waals surface area contributed by atoms with E-state index in [4.69, 9.17) is 5.26 Å². The Labute approximate surface area is 108 Å². The van der Waals surface area contributed by atoms with Crippen molar-refractivity contribution >= 4 is 0 Å². The van der Waals surface area contributed by atoms with E-state index in [9.17, 15) is 4.39 Å². The zero-order chi connectivity index (χ0) is 13.4. The van der Waals surface area contributed by atoms with Crippen molar-refractivity contribution in [3.8, 4) is 6.07 Å². The van der Waals surface area contributed by atoms with Gasteiger partial charge >= 0.3 is 0 Å². The van der Waals surface area contributed by atoms with Crippen molar-refractivity contribution < 1.29 is 4.39 Å². The molecule has 1 N–H and O–H groups in total. The molecule has 0 aliphatic heterocycles.